The lowest BCUT2D eigenvalue weighted by molar-refractivity contribution is -0.115. The maximum atomic E-state index is 12.6. The second-order valence-corrected chi connectivity index (χ2v) is 6.57. The average Bonchev–Trinajstić information content (AvgIpc) is 2.47. The highest BCUT2D eigenvalue weighted by molar-refractivity contribution is 7.86. The normalized spacial score (nSPS) is 15.2. The van der Waals surface area contributed by atoms with Crippen molar-refractivity contribution in [1.82, 2.24) is 0 Å². The van der Waals surface area contributed by atoms with Gasteiger partial charge in [-0.05, 0) is 23.3 Å². The molecule has 108 valence electrons. The van der Waals surface area contributed by atoms with Crippen LogP contribution in [0.25, 0.3) is 0 Å². The van der Waals surface area contributed by atoms with Gasteiger partial charge in [0.25, 0.3) is 0 Å². The third-order valence-corrected chi connectivity index (χ3v) is 5.31. The molecule has 2 N–H and O–H groups in total. The molecule has 1 aliphatic heterocycles. The number of rotatable bonds is 3. The molecule has 2 aromatic rings. The van der Waals surface area contributed by atoms with Crippen LogP contribution in [0.3, 0.4) is 0 Å². The van der Waals surface area contributed by atoms with Crippen LogP contribution >= 0.6 is 0 Å². The predicted octanol–water partition coefficient (Wildman–Crippen LogP) is 2.09. The third kappa shape index (κ3) is 2.34. The average molecular weight is 300 g/mol. The smallest absolute Gasteiger partial charge is 0.230 e. The molecule has 1 unspecified atom stereocenters. The van der Waals surface area contributed by atoms with Crippen LogP contribution < -0.4 is 10.6 Å². The first-order valence-corrected chi connectivity index (χ1v) is 8.05. The fourth-order valence-corrected chi connectivity index (χ4v) is 4.25. The summed E-state index contributed by atoms with van der Waals surface area (Å²) in [6, 6.07) is 15.7. The van der Waals surface area contributed by atoms with E-state index < -0.39 is 16.7 Å². The van der Waals surface area contributed by atoms with Crippen molar-refractivity contribution >= 4 is 28.1 Å². The minimum Gasteiger partial charge on any atom is -0.369 e. The molecule has 0 fully saturated rings. The van der Waals surface area contributed by atoms with Gasteiger partial charge in [0.1, 0.15) is 5.75 Å². The van der Waals surface area contributed by atoms with E-state index in [2.05, 4.69) is 4.90 Å². The number of para-hydroxylation sites is 2. The van der Waals surface area contributed by atoms with Gasteiger partial charge in [0.2, 0.25) is 5.91 Å². The third-order valence-electron chi connectivity index (χ3n) is 3.71. The summed E-state index contributed by atoms with van der Waals surface area (Å²) in [6.07, 6.45) is 0. The molecule has 0 spiro atoms. The van der Waals surface area contributed by atoms with Crippen molar-refractivity contribution in [2.24, 2.45) is 5.73 Å². The Morgan fingerprint density at radius 2 is 1.57 bits per heavy atom. The molecule has 1 amide bonds. The first kappa shape index (κ1) is 13.8. The number of hydrogen-bond donors (Lipinski definition) is 1. The number of hydrogen-bond acceptors (Lipinski definition) is 3. The van der Waals surface area contributed by atoms with Crippen LogP contribution in [0.5, 0.6) is 0 Å². The van der Waals surface area contributed by atoms with E-state index in [4.69, 9.17) is 5.73 Å². The zero-order chi connectivity index (χ0) is 15.0. The van der Waals surface area contributed by atoms with E-state index in [1.54, 1.807) is 0 Å². The number of benzene rings is 2. The number of carbonyl (C=O) groups is 1. The van der Waals surface area contributed by atoms with Crippen molar-refractivity contribution < 1.29 is 9.00 Å². The van der Waals surface area contributed by atoms with Crippen molar-refractivity contribution in [3.63, 3.8) is 0 Å². The zero-order valence-corrected chi connectivity index (χ0v) is 12.5. The monoisotopic (exact) mass is 300 g/mol. The Morgan fingerprint density at radius 3 is 2.05 bits per heavy atom. The van der Waals surface area contributed by atoms with E-state index in [0.29, 0.717) is 0 Å². The summed E-state index contributed by atoms with van der Waals surface area (Å²) in [6.45, 7) is 0. The van der Waals surface area contributed by atoms with Crippen LogP contribution in [0.1, 0.15) is 16.4 Å². The summed E-state index contributed by atoms with van der Waals surface area (Å²) in [5.74, 6) is -0.668. The molecule has 21 heavy (non-hydrogen) atoms. The molecule has 0 aliphatic carbocycles. The molecule has 3 rings (SSSR count). The number of fused-ring (bicyclic) bond motifs is 2. The van der Waals surface area contributed by atoms with E-state index in [0.717, 1.165) is 22.5 Å². The highest BCUT2D eigenvalue weighted by Gasteiger charge is 2.32. The molecule has 0 bridgehead atoms. The Kier molecular flexibility index (Phi) is 3.51. The molecule has 1 atom stereocenters. The summed E-state index contributed by atoms with van der Waals surface area (Å²) < 4.78 is 12.6. The zero-order valence-electron chi connectivity index (χ0n) is 11.7. The Bertz CT molecular complexity index is 682. The second kappa shape index (κ2) is 5.33. The van der Waals surface area contributed by atoms with Crippen molar-refractivity contribution in [2.75, 3.05) is 17.7 Å². The fraction of sp³-hybridized carbons (Fsp3) is 0.188. The van der Waals surface area contributed by atoms with Gasteiger partial charge in [0, 0.05) is 29.2 Å². The number of anilines is 2. The summed E-state index contributed by atoms with van der Waals surface area (Å²) in [5, 5.41) is -0.318. The van der Waals surface area contributed by atoms with Crippen molar-refractivity contribution in [3.8, 4) is 0 Å². The Balaban J connectivity index is 2.18. The maximum Gasteiger partial charge on any atom is 0.230 e. The van der Waals surface area contributed by atoms with Crippen molar-refractivity contribution in [3.05, 3.63) is 59.7 Å². The van der Waals surface area contributed by atoms with E-state index in [-0.39, 0.29) is 11.0 Å². The van der Waals surface area contributed by atoms with Crippen LogP contribution in [0.15, 0.2) is 48.5 Å². The van der Waals surface area contributed by atoms with Crippen LogP contribution in [0, 0.1) is 0 Å². The maximum absolute atomic E-state index is 12.6. The number of nitrogens with two attached hydrogens (primary N) is 1. The summed E-state index contributed by atoms with van der Waals surface area (Å²) in [4.78, 5) is 13.2. The van der Waals surface area contributed by atoms with Gasteiger partial charge in [0.15, 0.2) is 0 Å². The molecule has 2 aromatic carbocycles. The van der Waals surface area contributed by atoms with Gasteiger partial charge in [-0.15, -0.1) is 0 Å². The molecule has 0 aromatic heterocycles. The van der Waals surface area contributed by atoms with Crippen LogP contribution in [-0.2, 0) is 15.6 Å². The molecule has 0 saturated heterocycles. The number of nitrogens with zero attached hydrogens (tertiary/aromatic N) is 1. The number of carbonyl (C=O) groups excluding carboxylic acids is 1. The first-order valence-electron chi connectivity index (χ1n) is 6.66. The lowest BCUT2D eigenvalue weighted by Gasteiger charge is -2.34. The molecule has 1 aliphatic rings. The SMILES string of the molecule is CN1c2ccccc2C(S(=O)CC(N)=O)c2ccccc21. The van der Waals surface area contributed by atoms with Crippen molar-refractivity contribution in [1.29, 1.82) is 0 Å². The fourth-order valence-electron chi connectivity index (χ4n) is 2.83. The van der Waals surface area contributed by atoms with Gasteiger partial charge < -0.3 is 10.6 Å². The Labute approximate surface area is 126 Å². The lowest BCUT2D eigenvalue weighted by Crippen LogP contribution is -2.28. The van der Waals surface area contributed by atoms with Crippen molar-refractivity contribution in [2.45, 2.75) is 5.25 Å². The molecular weight excluding hydrogens is 284 g/mol. The van der Waals surface area contributed by atoms with Gasteiger partial charge >= 0.3 is 0 Å². The highest BCUT2D eigenvalue weighted by Crippen LogP contribution is 2.45. The van der Waals surface area contributed by atoms with Crippen LogP contribution in [0.2, 0.25) is 0 Å². The van der Waals surface area contributed by atoms with E-state index >= 15 is 0 Å². The minimum absolute atomic E-state index is 0.128. The summed E-state index contributed by atoms with van der Waals surface area (Å²) >= 11 is 0. The summed E-state index contributed by atoms with van der Waals surface area (Å²) in [5.41, 5.74) is 9.19. The molecule has 5 heteroatoms. The Hall–Kier alpha value is -2.14. The van der Waals surface area contributed by atoms with Crippen LogP contribution in [-0.4, -0.2) is 22.9 Å². The van der Waals surface area contributed by atoms with E-state index in [1.165, 1.54) is 0 Å². The molecule has 0 saturated carbocycles. The standard InChI is InChI=1S/C16H16N2O2S/c1-18-13-8-4-2-6-11(13)16(21(20)10-15(17)19)12-7-3-5-9-14(12)18/h2-9,16H,10H2,1H3,(H2,17,19). The van der Waals surface area contributed by atoms with Gasteiger partial charge in [0.05, 0.1) is 5.25 Å². The molecule has 0 radical (unpaired) electrons. The second-order valence-electron chi connectivity index (χ2n) is 5.05. The molecule has 1 heterocycles. The van der Waals surface area contributed by atoms with Crippen LogP contribution in [0.4, 0.5) is 11.4 Å². The number of primary amides is 1. The van der Waals surface area contributed by atoms with Gasteiger partial charge in [-0.25, -0.2) is 0 Å². The largest absolute Gasteiger partial charge is 0.369 e. The van der Waals surface area contributed by atoms with E-state index in [1.807, 2.05) is 55.6 Å². The van der Waals surface area contributed by atoms with E-state index in [9.17, 15) is 9.00 Å². The predicted molar refractivity (Wildman–Crippen MR) is 85.0 cm³/mol. The van der Waals surface area contributed by atoms with Gasteiger partial charge in [-0.3, -0.25) is 9.00 Å². The lowest BCUT2D eigenvalue weighted by atomic mass is 9.95. The quantitative estimate of drug-likeness (QED) is 0.944. The summed E-state index contributed by atoms with van der Waals surface area (Å²) in [7, 11) is 0.616. The van der Waals surface area contributed by atoms with Gasteiger partial charge in [-0.2, -0.15) is 0 Å². The minimum atomic E-state index is -1.38. The Morgan fingerprint density at radius 1 is 1.10 bits per heavy atom. The first-order chi connectivity index (χ1) is 10.1. The highest BCUT2D eigenvalue weighted by atomic mass is 32.2. The molecular formula is C16H16N2O2S. The topological polar surface area (TPSA) is 63.4 Å². The van der Waals surface area contributed by atoms with Gasteiger partial charge in [-0.1, -0.05) is 36.4 Å². The number of amides is 1. The molecule has 4 nitrogen and oxygen atoms in total.